The Labute approximate surface area is 54.0 Å². The fraction of sp³-hybridized carbons (Fsp3) is 0.400. The second kappa shape index (κ2) is 2.22. The van der Waals surface area contributed by atoms with Gasteiger partial charge in [0, 0.05) is 25.2 Å². The summed E-state index contributed by atoms with van der Waals surface area (Å²) >= 11 is 4.06. The maximum Gasteiger partial charge on any atom is 0.118 e. The summed E-state index contributed by atoms with van der Waals surface area (Å²) in [5.41, 5.74) is 0. The van der Waals surface area contributed by atoms with Gasteiger partial charge in [-0.05, 0) is 0 Å². The van der Waals surface area contributed by atoms with Crippen LogP contribution < -0.4 is 0 Å². The largest absolute Gasteiger partial charge is 0.337 e. The fourth-order valence-corrected chi connectivity index (χ4v) is 0.854. The molecule has 0 fully saturated rings. The second-order valence-corrected chi connectivity index (χ2v) is 1.93. The fourth-order valence-electron chi connectivity index (χ4n) is 0.549. The Morgan fingerprint density at radius 3 is 2.88 bits per heavy atom. The third kappa shape index (κ3) is 0.865. The van der Waals surface area contributed by atoms with Crippen molar-refractivity contribution in [1.82, 2.24) is 9.55 Å². The lowest BCUT2D eigenvalue weighted by Gasteiger charge is -1.92. The van der Waals surface area contributed by atoms with Crippen LogP contribution in [0.2, 0.25) is 0 Å². The molecule has 1 aromatic heterocycles. The lowest BCUT2D eigenvalue weighted by molar-refractivity contribution is 0.850. The molecule has 1 aromatic rings. The SMILES string of the molecule is Cn1ccnc1CS. The van der Waals surface area contributed by atoms with Gasteiger partial charge in [-0.1, -0.05) is 0 Å². The summed E-state index contributed by atoms with van der Waals surface area (Å²) in [5, 5.41) is 0. The molecule has 0 amide bonds. The van der Waals surface area contributed by atoms with Crippen LogP contribution >= 0.6 is 12.6 Å². The minimum Gasteiger partial charge on any atom is -0.337 e. The molecule has 0 aliphatic heterocycles. The molecule has 0 saturated heterocycles. The van der Waals surface area contributed by atoms with Crippen LogP contribution in [0, 0.1) is 0 Å². The van der Waals surface area contributed by atoms with Crippen LogP contribution in [0.1, 0.15) is 5.82 Å². The highest BCUT2D eigenvalue weighted by Gasteiger charge is 1.91. The van der Waals surface area contributed by atoms with Crippen molar-refractivity contribution < 1.29 is 0 Å². The zero-order chi connectivity index (χ0) is 5.98. The van der Waals surface area contributed by atoms with E-state index in [0.29, 0.717) is 5.75 Å². The molecule has 0 atom stereocenters. The predicted octanol–water partition coefficient (Wildman–Crippen LogP) is 0.850. The summed E-state index contributed by atoms with van der Waals surface area (Å²) < 4.78 is 1.95. The van der Waals surface area contributed by atoms with Gasteiger partial charge in [-0.3, -0.25) is 0 Å². The Hall–Kier alpha value is -0.440. The first-order valence-electron chi connectivity index (χ1n) is 2.41. The molecule has 44 valence electrons. The first-order valence-corrected chi connectivity index (χ1v) is 3.05. The number of aryl methyl sites for hydroxylation is 1. The number of aromatic nitrogens is 2. The normalized spacial score (nSPS) is 9.75. The molecule has 0 aromatic carbocycles. The lowest BCUT2D eigenvalue weighted by Crippen LogP contribution is -1.91. The third-order valence-corrected chi connectivity index (χ3v) is 1.35. The van der Waals surface area contributed by atoms with Crippen molar-refractivity contribution in [3.05, 3.63) is 18.2 Å². The number of hydrogen-bond acceptors (Lipinski definition) is 2. The number of nitrogens with zero attached hydrogens (tertiary/aromatic N) is 2. The average molecular weight is 128 g/mol. The van der Waals surface area contributed by atoms with Gasteiger partial charge in [0.15, 0.2) is 0 Å². The van der Waals surface area contributed by atoms with Gasteiger partial charge in [0.05, 0.1) is 0 Å². The van der Waals surface area contributed by atoms with Crippen molar-refractivity contribution in [2.45, 2.75) is 5.75 Å². The van der Waals surface area contributed by atoms with Gasteiger partial charge < -0.3 is 4.57 Å². The Bertz CT molecular complexity index is 171. The molecule has 1 rings (SSSR count). The summed E-state index contributed by atoms with van der Waals surface area (Å²) in [6, 6.07) is 0. The monoisotopic (exact) mass is 128 g/mol. The smallest absolute Gasteiger partial charge is 0.118 e. The summed E-state index contributed by atoms with van der Waals surface area (Å²) in [7, 11) is 1.96. The van der Waals surface area contributed by atoms with E-state index in [9.17, 15) is 0 Å². The lowest BCUT2D eigenvalue weighted by atomic mass is 10.7. The number of rotatable bonds is 1. The first kappa shape index (κ1) is 5.69. The van der Waals surface area contributed by atoms with Crippen LogP contribution in [0.15, 0.2) is 12.4 Å². The number of thiol groups is 1. The maximum absolute atomic E-state index is 4.06. The molecule has 0 bridgehead atoms. The highest BCUT2D eigenvalue weighted by Crippen LogP contribution is 1.96. The molecule has 8 heavy (non-hydrogen) atoms. The van der Waals surface area contributed by atoms with Crippen molar-refractivity contribution in [3.8, 4) is 0 Å². The maximum atomic E-state index is 4.06. The standard InChI is InChI=1S/C5H8N2S/c1-7-3-2-6-5(7)4-8/h2-3,8H,4H2,1H3. The minimum atomic E-state index is 0.712. The molecule has 0 N–H and O–H groups in total. The van der Waals surface area contributed by atoms with E-state index in [0.717, 1.165) is 5.82 Å². The highest BCUT2D eigenvalue weighted by molar-refractivity contribution is 7.79. The third-order valence-electron chi connectivity index (χ3n) is 1.06. The highest BCUT2D eigenvalue weighted by atomic mass is 32.1. The second-order valence-electron chi connectivity index (χ2n) is 1.61. The molecule has 1 heterocycles. The molecule has 0 spiro atoms. The van der Waals surface area contributed by atoms with Crippen molar-refractivity contribution in [2.24, 2.45) is 7.05 Å². The van der Waals surface area contributed by atoms with Gasteiger partial charge in [0.1, 0.15) is 5.82 Å². The van der Waals surface area contributed by atoms with E-state index in [1.165, 1.54) is 0 Å². The molecule has 2 nitrogen and oxygen atoms in total. The van der Waals surface area contributed by atoms with Crippen LogP contribution in [0.25, 0.3) is 0 Å². The summed E-state index contributed by atoms with van der Waals surface area (Å²) in [6.45, 7) is 0. The molecule has 3 heteroatoms. The van der Waals surface area contributed by atoms with Gasteiger partial charge >= 0.3 is 0 Å². The topological polar surface area (TPSA) is 17.8 Å². The van der Waals surface area contributed by atoms with E-state index in [1.807, 2.05) is 17.8 Å². The number of imidazole rings is 1. The van der Waals surface area contributed by atoms with Crippen LogP contribution in [0.4, 0.5) is 0 Å². The molecule has 0 radical (unpaired) electrons. The van der Waals surface area contributed by atoms with Crippen molar-refractivity contribution in [3.63, 3.8) is 0 Å². The van der Waals surface area contributed by atoms with Gasteiger partial charge in [-0.15, -0.1) is 0 Å². The molecule has 0 aliphatic carbocycles. The molecule has 0 aliphatic rings. The summed E-state index contributed by atoms with van der Waals surface area (Å²) in [4.78, 5) is 4.02. The van der Waals surface area contributed by atoms with E-state index >= 15 is 0 Å². The molecule has 0 saturated carbocycles. The van der Waals surface area contributed by atoms with Gasteiger partial charge in [0.25, 0.3) is 0 Å². The zero-order valence-electron chi connectivity index (χ0n) is 4.70. The Kier molecular flexibility index (Phi) is 1.58. The Morgan fingerprint density at radius 2 is 2.62 bits per heavy atom. The minimum absolute atomic E-state index is 0.712. The van der Waals surface area contributed by atoms with E-state index in [-0.39, 0.29) is 0 Å². The average Bonchev–Trinajstić information content (AvgIpc) is 2.14. The van der Waals surface area contributed by atoms with Crippen LogP contribution in [-0.4, -0.2) is 9.55 Å². The first-order chi connectivity index (χ1) is 3.84. The van der Waals surface area contributed by atoms with E-state index in [2.05, 4.69) is 17.6 Å². The van der Waals surface area contributed by atoms with E-state index in [4.69, 9.17) is 0 Å². The van der Waals surface area contributed by atoms with Gasteiger partial charge in [0.2, 0.25) is 0 Å². The quantitative estimate of drug-likeness (QED) is 0.555. The van der Waals surface area contributed by atoms with Crippen molar-refractivity contribution in [1.29, 1.82) is 0 Å². The van der Waals surface area contributed by atoms with Crippen LogP contribution in [-0.2, 0) is 12.8 Å². The Balaban J connectivity index is 2.92. The summed E-state index contributed by atoms with van der Waals surface area (Å²) in [5.74, 6) is 1.72. The van der Waals surface area contributed by atoms with Gasteiger partial charge in [-0.2, -0.15) is 12.6 Å². The van der Waals surface area contributed by atoms with Crippen molar-refractivity contribution >= 4 is 12.6 Å². The van der Waals surface area contributed by atoms with E-state index < -0.39 is 0 Å². The van der Waals surface area contributed by atoms with Crippen LogP contribution in [0.3, 0.4) is 0 Å². The molecule has 0 unspecified atom stereocenters. The van der Waals surface area contributed by atoms with Crippen molar-refractivity contribution in [2.75, 3.05) is 0 Å². The van der Waals surface area contributed by atoms with Crippen LogP contribution in [0.5, 0.6) is 0 Å². The number of hydrogen-bond donors (Lipinski definition) is 1. The summed E-state index contributed by atoms with van der Waals surface area (Å²) in [6.07, 6.45) is 3.68. The predicted molar refractivity (Wildman–Crippen MR) is 35.9 cm³/mol. The molecular weight excluding hydrogens is 120 g/mol. The Morgan fingerprint density at radius 1 is 1.88 bits per heavy atom. The zero-order valence-corrected chi connectivity index (χ0v) is 5.60. The van der Waals surface area contributed by atoms with E-state index in [1.54, 1.807) is 6.20 Å². The van der Waals surface area contributed by atoms with Gasteiger partial charge in [-0.25, -0.2) is 4.98 Å². The molecular formula is C5H8N2S.